The molecule has 8 heteroatoms. The Hall–Kier alpha value is -1.67. The zero-order valence-corrected chi connectivity index (χ0v) is 11.9. The molecule has 0 bridgehead atoms. The first-order chi connectivity index (χ1) is 9.58. The lowest BCUT2D eigenvalue weighted by Crippen LogP contribution is -2.37. The number of nitrogens with one attached hydrogen (secondary N) is 2. The van der Waals surface area contributed by atoms with E-state index in [2.05, 4.69) is 15.6 Å². The first kappa shape index (κ1) is 14.7. The number of nitrogens with zero attached hydrogens (tertiary/aromatic N) is 2. The van der Waals surface area contributed by atoms with Gasteiger partial charge in [0.05, 0.1) is 17.6 Å². The Bertz CT molecular complexity index is 541. The van der Waals surface area contributed by atoms with Crippen LogP contribution in [0.15, 0.2) is 24.5 Å². The Morgan fingerprint density at radius 3 is 2.75 bits per heavy atom. The van der Waals surface area contributed by atoms with Crippen molar-refractivity contribution < 1.29 is 13.2 Å². The van der Waals surface area contributed by atoms with E-state index in [0.717, 1.165) is 12.8 Å². The monoisotopic (exact) mass is 298 g/mol. The Labute approximate surface area is 118 Å². The lowest BCUT2D eigenvalue weighted by atomic mass is 10.4. The lowest BCUT2D eigenvalue weighted by Gasteiger charge is -2.15. The van der Waals surface area contributed by atoms with Crippen LogP contribution >= 0.6 is 0 Å². The van der Waals surface area contributed by atoms with Gasteiger partial charge in [-0.1, -0.05) is 0 Å². The number of anilines is 1. The molecule has 1 aromatic heterocycles. The molecule has 110 valence electrons. The van der Waals surface area contributed by atoms with Crippen LogP contribution in [0.4, 0.5) is 10.5 Å². The molecular weight excluding hydrogens is 280 g/mol. The van der Waals surface area contributed by atoms with Gasteiger partial charge in [-0.05, 0) is 25.0 Å². The van der Waals surface area contributed by atoms with Crippen molar-refractivity contribution in [2.75, 3.05) is 30.7 Å². The molecule has 1 fully saturated rings. The van der Waals surface area contributed by atoms with E-state index in [1.54, 1.807) is 18.3 Å². The minimum atomic E-state index is -3.25. The van der Waals surface area contributed by atoms with Crippen molar-refractivity contribution in [2.24, 2.45) is 0 Å². The SMILES string of the molecule is O=C(NCCS(=O)(=O)N1CCCC1)Nc1cccnc1. The molecule has 0 spiro atoms. The number of hydrogen-bond donors (Lipinski definition) is 2. The molecule has 0 unspecified atom stereocenters. The largest absolute Gasteiger partial charge is 0.337 e. The van der Waals surface area contributed by atoms with E-state index in [-0.39, 0.29) is 12.3 Å². The predicted octanol–water partition coefficient (Wildman–Crippen LogP) is 0.629. The first-order valence-corrected chi connectivity index (χ1v) is 8.11. The number of hydrogen-bond acceptors (Lipinski definition) is 4. The molecule has 2 N–H and O–H groups in total. The van der Waals surface area contributed by atoms with Gasteiger partial charge in [-0.3, -0.25) is 4.98 Å². The predicted molar refractivity (Wildman–Crippen MR) is 75.9 cm³/mol. The number of pyridine rings is 1. The third-order valence-electron chi connectivity index (χ3n) is 3.02. The third kappa shape index (κ3) is 4.17. The molecule has 7 nitrogen and oxygen atoms in total. The van der Waals surface area contributed by atoms with Crippen molar-refractivity contribution in [1.29, 1.82) is 0 Å². The van der Waals surface area contributed by atoms with Crippen LogP contribution in [0.5, 0.6) is 0 Å². The quantitative estimate of drug-likeness (QED) is 0.834. The van der Waals surface area contributed by atoms with Crippen LogP contribution in [0.3, 0.4) is 0 Å². The molecule has 1 aromatic rings. The fourth-order valence-electron chi connectivity index (χ4n) is 2.00. The van der Waals surface area contributed by atoms with Gasteiger partial charge in [0.2, 0.25) is 10.0 Å². The Morgan fingerprint density at radius 2 is 2.10 bits per heavy atom. The molecule has 0 saturated carbocycles. The topological polar surface area (TPSA) is 91.4 Å². The highest BCUT2D eigenvalue weighted by Crippen LogP contribution is 2.12. The molecule has 2 amide bonds. The second-order valence-electron chi connectivity index (χ2n) is 4.54. The van der Waals surface area contributed by atoms with Crippen molar-refractivity contribution in [3.63, 3.8) is 0 Å². The van der Waals surface area contributed by atoms with E-state index < -0.39 is 16.1 Å². The van der Waals surface area contributed by atoms with Gasteiger partial charge >= 0.3 is 6.03 Å². The average Bonchev–Trinajstić information content (AvgIpc) is 2.94. The molecule has 0 radical (unpaired) electrons. The van der Waals surface area contributed by atoms with Gasteiger partial charge in [0.25, 0.3) is 0 Å². The number of aromatic nitrogens is 1. The molecular formula is C12H18N4O3S. The maximum atomic E-state index is 11.9. The number of urea groups is 1. The summed E-state index contributed by atoms with van der Waals surface area (Å²) < 4.78 is 25.3. The van der Waals surface area contributed by atoms with Crippen LogP contribution < -0.4 is 10.6 Å². The normalized spacial score (nSPS) is 16.0. The van der Waals surface area contributed by atoms with Crippen LogP contribution in [0.2, 0.25) is 0 Å². The average molecular weight is 298 g/mol. The molecule has 1 aliphatic rings. The molecule has 2 heterocycles. The Balaban J connectivity index is 1.74. The summed E-state index contributed by atoms with van der Waals surface area (Å²) in [6.07, 6.45) is 4.94. The highest BCUT2D eigenvalue weighted by Gasteiger charge is 2.24. The molecule has 20 heavy (non-hydrogen) atoms. The highest BCUT2D eigenvalue weighted by molar-refractivity contribution is 7.89. The minimum Gasteiger partial charge on any atom is -0.337 e. The van der Waals surface area contributed by atoms with Crippen molar-refractivity contribution in [3.8, 4) is 0 Å². The van der Waals surface area contributed by atoms with Gasteiger partial charge in [-0.15, -0.1) is 0 Å². The van der Waals surface area contributed by atoms with Crippen molar-refractivity contribution >= 4 is 21.7 Å². The van der Waals surface area contributed by atoms with Crippen molar-refractivity contribution in [3.05, 3.63) is 24.5 Å². The number of amides is 2. The Morgan fingerprint density at radius 1 is 1.35 bits per heavy atom. The minimum absolute atomic E-state index is 0.0759. The summed E-state index contributed by atoms with van der Waals surface area (Å²) in [5.41, 5.74) is 0.562. The first-order valence-electron chi connectivity index (χ1n) is 6.51. The van der Waals surface area contributed by atoms with Crippen LogP contribution in [-0.4, -0.2) is 49.1 Å². The molecule has 0 atom stereocenters. The fourth-order valence-corrected chi connectivity index (χ4v) is 3.43. The number of carbonyl (C=O) groups excluding carboxylic acids is 1. The summed E-state index contributed by atoms with van der Waals surface area (Å²) in [7, 11) is -3.25. The van der Waals surface area contributed by atoms with Crippen LogP contribution in [0.1, 0.15) is 12.8 Å². The zero-order chi connectivity index (χ0) is 14.4. The summed E-state index contributed by atoms with van der Waals surface area (Å²) in [4.78, 5) is 15.4. The van der Waals surface area contributed by atoms with E-state index in [1.807, 2.05) is 0 Å². The van der Waals surface area contributed by atoms with Gasteiger partial charge in [0.15, 0.2) is 0 Å². The van der Waals surface area contributed by atoms with E-state index in [9.17, 15) is 13.2 Å². The molecule has 1 saturated heterocycles. The second-order valence-corrected chi connectivity index (χ2v) is 6.63. The van der Waals surface area contributed by atoms with Gasteiger partial charge < -0.3 is 10.6 Å². The van der Waals surface area contributed by atoms with Gasteiger partial charge in [0, 0.05) is 25.8 Å². The van der Waals surface area contributed by atoms with E-state index in [1.165, 1.54) is 10.5 Å². The number of carbonyl (C=O) groups is 1. The van der Waals surface area contributed by atoms with Crippen molar-refractivity contribution in [2.45, 2.75) is 12.8 Å². The second kappa shape index (κ2) is 6.67. The molecule has 1 aliphatic heterocycles. The number of sulfonamides is 1. The molecule has 0 aliphatic carbocycles. The van der Waals surface area contributed by atoms with Crippen molar-refractivity contribution in [1.82, 2.24) is 14.6 Å². The summed E-state index contributed by atoms with van der Waals surface area (Å²) >= 11 is 0. The summed E-state index contributed by atoms with van der Waals surface area (Å²) in [6.45, 7) is 1.26. The van der Waals surface area contributed by atoms with E-state index in [0.29, 0.717) is 18.8 Å². The van der Waals surface area contributed by atoms with Crippen LogP contribution in [-0.2, 0) is 10.0 Å². The smallest absolute Gasteiger partial charge is 0.319 e. The standard InChI is InChI=1S/C12H18N4O3S/c17-12(15-11-4-3-5-13-10-11)14-6-9-20(18,19)16-7-1-2-8-16/h3-5,10H,1-2,6-9H2,(H2,14,15,17). The number of rotatable bonds is 5. The Kier molecular flexibility index (Phi) is 4.91. The summed E-state index contributed by atoms with van der Waals surface area (Å²) in [6, 6.07) is 2.97. The summed E-state index contributed by atoms with van der Waals surface area (Å²) in [5, 5.41) is 5.10. The molecule has 0 aromatic carbocycles. The van der Waals surface area contributed by atoms with Crippen LogP contribution in [0, 0.1) is 0 Å². The van der Waals surface area contributed by atoms with E-state index in [4.69, 9.17) is 0 Å². The fraction of sp³-hybridized carbons (Fsp3) is 0.500. The highest BCUT2D eigenvalue weighted by atomic mass is 32.2. The molecule has 2 rings (SSSR count). The van der Waals surface area contributed by atoms with Gasteiger partial charge in [-0.25, -0.2) is 17.5 Å². The summed E-state index contributed by atoms with van der Waals surface area (Å²) in [5.74, 6) is -0.0759. The van der Waals surface area contributed by atoms with Gasteiger partial charge in [0.1, 0.15) is 0 Å². The van der Waals surface area contributed by atoms with E-state index >= 15 is 0 Å². The third-order valence-corrected chi connectivity index (χ3v) is 4.90. The zero-order valence-electron chi connectivity index (χ0n) is 11.1. The maximum absolute atomic E-state index is 11.9. The van der Waals surface area contributed by atoms with Crippen LogP contribution in [0.25, 0.3) is 0 Å². The van der Waals surface area contributed by atoms with Gasteiger partial charge in [-0.2, -0.15) is 0 Å². The maximum Gasteiger partial charge on any atom is 0.319 e. The lowest BCUT2D eigenvalue weighted by molar-refractivity contribution is 0.252.